The predicted octanol–water partition coefficient (Wildman–Crippen LogP) is 2.02. The lowest BCUT2D eigenvalue weighted by Crippen LogP contribution is -2.18. The highest BCUT2D eigenvalue weighted by Gasteiger charge is 2.15. The van der Waals surface area contributed by atoms with Crippen molar-refractivity contribution in [1.82, 2.24) is 9.59 Å². The second-order valence-corrected chi connectivity index (χ2v) is 5.42. The number of thiocarbonyl (C=S) groups is 1. The fraction of sp³-hybridized carbons (Fsp3) is 0.231. The first-order valence-electron chi connectivity index (χ1n) is 6.24. The molecule has 0 unspecified atom stereocenters. The quantitative estimate of drug-likeness (QED) is 0.791. The second kappa shape index (κ2) is 7.09. The lowest BCUT2D eigenvalue weighted by Gasteiger charge is -2.08. The standard InChI is InChI=1S/C13H14N4O2S2/c1-2-10-12(21-17-16-10)13(18)15-8-4-3-5-9(6-8)19-7-11(14)20/h3-6H,2,7H2,1H3,(H2,14,20)(H,15,18). The molecule has 1 aromatic carbocycles. The van der Waals surface area contributed by atoms with Gasteiger partial charge in [0.15, 0.2) is 0 Å². The molecule has 1 aromatic heterocycles. The number of hydrogen-bond acceptors (Lipinski definition) is 6. The maximum atomic E-state index is 12.2. The van der Waals surface area contributed by atoms with Crippen molar-refractivity contribution in [2.45, 2.75) is 13.3 Å². The second-order valence-electron chi connectivity index (χ2n) is 4.14. The van der Waals surface area contributed by atoms with E-state index in [0.29, 0.717) is 28.4 Å². The fourth-order valence-corrected chi connectivity index (χ4v) is 2.32. The molecule has 2 aromatic rings. The van der Waals surface area contributed by atoms with Crippen LogP contribution in [0.25, 0.3) is 0 Å². The number of benzene rings is 1. The lowest BCUT2D eigenvalue weighted by molar-refractivity contribution is 0.102. The van der Waals surface area contributed by atoms with Gasteiger partial charge in [-0.3, -0.25) is 4.79 Å². The number of ether oxygens (including phenoxy) is 1. The molecule has 1 amide bonds. The summed E-state index contributed by atoms with van der Waals surface area (Å²) in [4.78, 5) is 13.0. The van der Waals surface area contributed by atoms with Crippen LogP contribution in [0.3, 0.4) is 0 Å². The van der Waals surface area contributed by atoms with Gasteiger partial charge < -0.3 is 15.8 Å². The number of anilines is 1. The maximum Gasteiger partial charge on any atom is 0.269 e. The molecule has 0 bridgehead atoms. The summed E-state index contributed by atoms with van der Waals surface area (Å²) in [6.07, 6.45) is 0.663. The summed E-state index contributed by atoms with van der Waals surface area (Å²) >= 11 is 5.83. The Kier molecular flexibility index (Phi) is 5.18. The van der Waals surface area contributed by atoms with Crippen LogP contribution < -0.4 is 15.8 Å². The first kappa shape index (κ1) is 15.3. The predicted molar refractivity (Wildman–Crippen MR) is 86.0 cm³/mol. The number of aryl methyl sites for hydroxylation is 1. The maximum absolute atomic E-state index is 12.2. The third-order valence-corrected chi connectivity index (χ3v) is 3.45. The molecule has 0 saturated carbocycles. The van der Waals surface area contributed by atoms with E-state index in [9.17, 15) is 4.79 Å². The molecule has 0 spiro atoms. The van der Waals surface area contributed by atoms with Crippen molar-refractivity contribution in [3.8, 4) is 5.75 Å². The van der Waals surface area contributed by atoms with Crippen molar-refractivity contribution in [2.75, 3.05) is 11.9 Å². The van der Waals surface area contributed by atoms with E-state index in [0.717, 1.165) is 11.5 Å². The molecule has 21 heavy (non-hydrogen) atoms. The van der Waals surface area contributed by atoms with Gasteiger partial charge in [-0.1, -0.05) is 29.7 Å². The van der Waals surface area contributed by atoms with Crippen LogP contribution >= 0.6 is 23.8 Å². The molecular formula is C13H14N4O2S2. The van der Waals surface area contributed by atoms with Gasteiger partial charge in [0.2, 0.25) is 0 Å². The minimum atomic E-state index is -0.228. The molecule has 0 aliphatic heterocycles. The minimum absolute atomic E-state index is 0.158. The molecule has 0 aliphatic rings. The van der Waals surface area contributed by atoms with Crippen LogP contribution in [0.5, 0.6) is 5.75 Å². The van der Waals surface area contributed by atoms with Gasteiger partial charge in [-0.05, 0) is 30.1 Å². The summed E-state index contributed by atoms with van der Waals surface area (Å²) in [6, 6.07) is 7.01. The number of nitrogens with one attached hydrogen (secondary N) is 1. The van der Waals surface area contributed by atoms with Gasteiger partial charge in [0, 0.05) is 11.8 Å². The van der Waals surface area contributed by atoms with Gasteiger partial charge in [-0.2, -0.15) is 0 Å². The molecule has 6 nitrogen and oxygen atoms in total. The minimum Gasteiger partial charge on any atom is -0.486 e. The highest BCUT2D eigenvalue weighted by Crippen LogP contribution is 2.19. The average molecular weight is 322 g/mol. The number of hydrogen-bond donors (Lipinski definition) is 2. The van der Waals surface area contributed by atoms with Crippen LogP contribution in [0.1, 0.15) is 22.3 Å². The molecule has 8 heteroatoms. The van der Waals surface area contributed by atoms with Crippen molar-refractivity contribution < 1.29 is 9.53 Å². The Morgan fingerprint density at radius 1 is 1.52 bits per heavy atom. The molecule has 1 heterocycles. The van der Waals surface area contributed by atoms with Gasteiger partial charge in [-0.25, -0.2) is 0 Å². The molecule has 110 valence electrons. The van der Waals surface area contributed by atoms with Crippen LogP contribution in [0, 0.1) is 0 Å². The molecule has 3 N–H and O–H groups in total. The number of amides is 1. The van der Waals surface area contributed by atoms with Crippen molar-refractivity contribution in [1.29, 1.82) is 0 Å². The van der Waals surface area contributed by atoms with E-state index in [1.54, 1.807) is 24.3 Å². The van der Waals surface area contributed by atoms with E-state index in [4.69, 9.17) is 22.7 Å². The Morgan fingerprint density at radius 3 is 3.05 bits per heavy atom. The van der Waals surface area contributed by atoms with E-state index in [2.05, 4.69) is 14.9 Å². The van der Waals surface area contributed by atoms with Gasteiger partial charge in [-0.15, -0.1) is 5.10 Å². The summed E-state index contributed by atoms with van der Waals surface area (Å²) in [5, 5.41) is 6.71. The molecule has 0 fully saturated rings. The molecular weight excluding hydrogens is 308 g/mol. The summed E-state index contributed by atoms with van der Waals surface area (Å²) in [6.45, 7) is 2.09. The number of carbonyl (C=O) groups excluding carboxylic acids is 1. The van der Waals surface area contributed by atoms with E-state index >= 15 is 0 Å². The Morgan fingerprint density at radius 2 is 2.33 bits per heavy atom. The highest BCUT2D eigenvalue weighted by atomic mass is 32.1. The molecule has 0 atom stereocenters. The zero-order valence-corrected chi connectivity index (χ0v) is 13.0. The monoisotopic (exact) mass is 322 g/mol. The third kappa shape index (κ3) is 4.20. The van der Waals surface area contributed by atoms with Crippen LogP contribution in [-0.4, -0.2) is 27.1 Å². The van der Waals surface area contributed by atoms with E-state index in [1.807, 2.05) is 6.92 Å². The van der Waals surface area contributed by atoms with Crippen LogP contribution in [-0.2, 0) is 6.42 Å². The van der Waals surface area contributed by atoms with Crippen LogP contribution in [0.15, 0.2) is 24.3 Å². The number of rotatable bonds is 6. The van der Waals surface area contributed by atoms with E-state index in [1.165, 1.54) is 0 Å². The Bertz CT molecular complexity index is 657. The topological polar surface area (TPSA) is 90.1 Å². The number of nitrogens with zero attached hydrogens (tertiary/aromatic N) is 2. The summed E-state index contributed by atoms with van der Waals surface area (Å²) < 4.78 is 9.19. The molecule has 2 rings (SSSR count). The van der Waals surface area contributed by atoms with Gasteiger partial charge in [0.05, 0.1) is 5.69 Å². The number of carbonyl (C=O) groups is 1. The Labute approximate surface area is 131 Å². The molecule has 0 radical (unpaired) electrons. The van der Waals surface area contributed by atoms with Crippen molar-refractivity contribution in [3.05, 3.63) is 34.8 Å². The third-order valence-electron chi connectivity index (χ3n) is 2.57. The lowest BCUT2D eigenvalue weighted by atomic mass is 10.2. The van der Waals surface area contributed by atoms with Gasteiger partial charge in [0.25, 0.3) is 5.91 Å². The molecule has 0 saturated heterocycles. The smallest absolute Gasteiger partial charge is 0.269 e. The zero-order valence-electron chi connectivity index (χ0n) is 11.3. The van der Waals surface area contributed by atoms with Crippen molar-refractivity contribution in [2.24, 2.45) is 5.73 Å². The van der Waals surface area contributed by atoms with E-state index < -0.39 is 0 Å². The SMILES string of the molecule is CCc1nnsc1C(=O)Nc1cccc(OCC(N)=S)c1. The first-order chi connectivity index (χ1) is 10.1. The number of nitrogens with two attached hydrogens (primary N) is 1. The Balaban J connectivity index is 2.07. The summed E-state index contributed by atoms with van der Waals surface area (Å²) in [5.74, 6) is 0.354. The van der Waals surface area contributed by atoms with Crippen LogP contribution in [0.4, 0.5) is 5.69 Å². The van der Waals surface area contributed by atoms with Crippen molar-refractivity contribution >= 4 is 40.3 Å². The summed E-state index contributed by atoms with van der Waals surface area (Å²) in [5.41, 5.74) is 6.69. The first-order valence-corrected chi connectivity index (χ1v) is 7.42. The van der Waals surface area contributed by atoms with Crippen molar-refractivity contribution in [3.63, 3.8) is 0 Å². The van der Waals surface area contributed by atoms with Crippen LogP contribution in [0.2, 0.25) is 0 Å². The normalized spacial score (nSPS) is 10.1. The van der Waals surface area contributed by atoms with Gasteiger partial charge in [0.1, 0.15) is 22.2 Å². The zero-order chi connectivity index (χ0) is 15.2. The highest BCUT2D eigenvalue weighted by molar-refractivity contribution is 7.80. The Hall–Kier alpha value is -2.06. The average Bonchev–Trinajstić information content (AvgIpc) is 2.94. The fourth-order valence-electron chi connectivity index (χ4n) is 1.62. The summed E-state index contributed by atoms with van der Waals surface area (Å²) in [7, 11) is 0. The molecule has 0 aliphatic carbocycles. The number of aromatic nitrogens is 2. The largest absolute Gasteiger partial charge is 0.486 e. The van der Waals surface area contributed by atoms with E-state index in [-0.39, 0.29) is 17.5 Å². The van der Waals surface area contributed by atoms with Gasteiger partial charge >= 0.3 is 0 Å².